The summed E-state index contributed by atoms with van der Waals surface area (Å²) in [5, 5.41) is 0. The van der Waals surface area contributed by atoms with E-state index >= 15 is 0 Å². The Balaban J connectivity index is 2.12. The van der Waals surface area contributed by atoms with Gasteiger partial charge in [-0.3, -0.25) is 4.79 Å². The molecule has 0 N–H and O–H groups in total. The van der Waals surface area contributed by atoms with Crippen molar-refractivity contribution in [2.24, 2.45) is 0 Å². The van der Waals surface area contributed by atoms with Crippen molar-refractivity contribution in [3.8, 4) is 5.75 Å². The summed E-state index contributed by atoms with van der Waals surface area (Å²) < 4.78 is 40.3. The average molecular weight is 393 g/mol. The number of amides is 1. The van der Waals surface area contributed by atoms with Crippen molar-refractivity contribution in [3.05, 3.63) is 65.5 Å². The first kappa shape index (κ1) is 20.9. The van der Waals surface area contributed by atoms with Crippen LogP contribution in [0.2, 0.25) is 0 Å². The molecule has 0 unspecified atom stereocenters. The molecule has 0 spiro atoms. The SMILES string of the molecule is CCCCC(=O)N(Cc1ccc(F)cc1)Cc1ccc(OS(C)(=O)=O)cc1. The van der Waals surface area contributed by atoms with Crippen LogP contribution in [0.15, 0.2) is 48.5 Å². The summed E-state index contributed by atoms with van der Waals surface area (Å²) in [6.07, 6.45) is 3.16. The maximum absolute atomic E-state index is 13.1. The first-order valence-electron chi connectivity index (χ1n) is 8.77. The topological polar surface area (TPSA) is 63.7 Å². The van der Waals surface area contributed by atoms with Gasteiger partial charge in [0, 0.05) is 19.5 Å². The fourth-order valence-corrected chi connectivity index (χ4v) is 3.03. The van der Waals surface area contributed by atoms with Gasteiger partial charge in [0.15, 0.2) is 0 Å². The lowest BCUT2D eigenvalue weighted by atomic mass is 10.1. The van der Waals surface area contributed by atoms with Gasteiger partial charge in [0.25, 0.3) is 0 Å². The highest BCUT2D eigenvalue weighted by molar-refractivity contribution is 7.86. The van der Waals surface area contributed by atoms with Crippen molar-refractivity contribution < 1.29 is 21.8 Å². The summed E-state index contributed by atoms with van der Waals surface area (Å²) in [6.45, 7) is 2.78. The minimum absolute atomic E-state index is 0.0256. The third-order valence-corrected chi connectivity index (χ3v) is 4.42. The van der Waals surface area contributed by atoms with Crippen LogP contribution in [0, 0.1) is 5.82 Å². The highest BCUT2D eigenvalue weighted by atomic mass is 32.2. The molecular weight excluding hydrogens is 369 g/mol. The maximum atomic E-state index is 13.1. The average Bonchev–Trinajstić information content (AvgIpc) is 2.61. The van der Waals surface area contributed by atoms with Crippen LogP contribution in [-0.2, 0) is 28.0 Å². The van der Waals surface area contributed by atoms with E-state index in [1.54, 1.807) is 41.3 Å². The minimum atomic E-state index is -3.58. The number of hydrogen-bond donors (Lipinski definition) is 0. The zero-order valence-corrected chi connectivity index (χ0v) is 16.3. The molecule has 2 rings (SSSR count). The van der Waals surface area contributed by atoms with Crippen LogP contribution in [0.4, 0.5) is 4.39 Å². The van der Waals surface area contributed by atoms with Gasteiger partial charge < -0.3 is 9.08 Å². The highest BCUT2D eigenvalue weighted by Gasteiger charge is 2.15. The molecule has 0 saturated carbocycles. The molecule has 0 aliphatic carbocycles. The van der Waals surface area contributed by atoms with Gasteiger partial charge in [-0.15, -0.1) is 0 Å². The summed E-state index contributed by atoms with van der Waals surface area (Å²) in [6, 6.07) is 12.7. The number of halogens is 1. The van der Waals surface area contributed by atoms with Crippen LogP contribution in [0.3, 0.4) is 0 Å². The van der Waals surface area contributed by atoms with Crippen molar-refractivity contribution in [1.82, 2.24) is 4.90 Å². The molecule has 27 heavy (non-hydrogen) atoms. The molecule has 5 nitrogen and oxygen atoms in total. The molecule has 0 bridgehead atoms. The Morgan fingerprint density at radius 3 is 2.00 bits per heavy atom. The maximum Gasteiger partial charge on any atom is 0.306 e. The van der Waals surface area contributed by atoms with Crippen molar-refractivity contribution in [2.45, 2.75) is 39.3 Å². The molecule has 0 saturated heterocycles. The smallest absolute Gasteiger partial charge is 0.306 e. The minimum Gasteiger partial charge on any atom is -0.383 e. The largest absolute Gasteiger partial charge is 0.383 e. The van der Waals surface area contributed by atoms with Crippen LogP contribution in [0.1, 0.15) is 37.3 Å². The molecule has 2 aromatic rings. The Hall–Kier alpha value is -2.41. The normalized spacial score (nSPS) is 11.2. The summed E-state index contributed by atoms with van der Waals surface area (Å²) in [4.78, 5) is 14.3. The standard InChI is InChI=1S/C20H24FNO4S/c1-3-4-5-20(23)22(14-16-6-10-18(21)11-7-16)15-17-8-12-19(13-9-17)26-27(2,24)25/h6-13H,3-5,14-15H2,1-2H3. The van der Waals surface area contributed by atoms with E-state index in [2.05, 4.69) is 0 Å². The van der Waals surface area contributed by atoms with E-state index in [0.29, 0.717) is 19.5 Å². The van der Waals surface area contributed by atoms with Crippen molar-refractivity contribution in [2.75, 3.05) is 6.26 Å². The number of benzene rings is 2. The van der Waals surface area contributed by atoms with Gasteiger partial charge in [-0.1, -0.05) is 37.6 Å². The van der Waals surface area contributed by atoms with Gasteiger partial charge >= 0.3 is 10.1 Å². The van der Waals surface area contributed by atoms with Crippen LogP contribution >= 0.6 is 0 Å². The second kappa shape index (κ2) is 9.50. The summed E-state index contributed by atoms with van der Waals surface area (Å²) >= 11 is 0. The Kier molecular flexibility index (Phi) is 7.36. The van der Waals surface area contributed by atoms with E-state index in [4.69, 9.17) is 4.18 Å². The molecule has 0 aliphatic rings. The molecule has 0 fully saturated rings. The molecule has 146 valence electrons. The van der Waals surface area contributed by atoms with Crippen LogP contribution in [0.25, 0.3) is 0 Å². The number of unbranched alkanes of at least 4 members (excludes halogenated alkanes) is 1. The van der Waals surface area contributed by atoms with Crippen LogP contribution < -0.4 is 4.18 Å². The van der Waals surface area contributed by atoms with E-state index in [0.717, 1.165) is 30.2 Å². The van der Waals surface area contributed by atoms with Crippen molar-refractivity contribution in [3.63, 3.8) is 0 Å². The molecule has 0 aromatic heterocycles. The van der Waals surface area contributed by atoms with E-state index in [1.807, 2.05) is 6.92 Å². The van der Waals surface area contributed by atoms with E-state index in [-0.39, 0.29) is 17.5 Å². The van der Waals surface area contributed by atoms with Gasteiger partial charge in [0.05, 0.1) is 6.26 Å². The predicted octanol–water partition coefficient (Wildman–Crippen LogP) is 3.88. The number of carbonyl (C=O) groups excluding carboxylic acids is 1. The summed E-state index contributed by atoms with van der Waals surface area (Å²) in [5.74, 6) is -0.0645. The fraction of sp³-hybridized carbons (Fsp3) is 0.350. The number of hydrogen-bond acceptors (Lipinski definition) is 4. The molecule has 0 radical (unpaired) electrons. The Labute approximate surface area is 159 Å². The van der Waals surface area contributed by atoms with E-state index in [1.165, 1.54) is 12.1 Å². The lowest BCUT2D eigenvalue weighted by Crippen LogP contribution is -2.29. The Morgan fingerprint density at radius 2 is 1.52 bits per heavy atom. The number of carbonyl (C=O) groups is 1. The van der Waals surface area contributed by atoms with E-state index < -0.39 is 10.1 Å². The van der Waals surface area contributed by atoms with Gasteiger partial charge in [-0.2, -0.15) is 8.42 Å². The zero-order chi connectivity index (χ0) is 19.9. The highest BCUT2D eigenvalue weighted by Crippen LogP contribution is 2.17. The predicted molar refractivity (Wildman–Crippen MR) is 102 cm³/mol. The monoisotopic (exact) mass is 393 g/mol. The third-order valence-electron chi connectivity index (χ3n) is 3.93. The van der Waals surface area contributed by atoms with Crippen molar-refractivity contribution >= 4 is 16.0 Å². The van der Waals surface area contributed by atoms with E-state index in [9.17, 15) is 17.6 Å². The first-order chi connectivity index (χ1) is 12.8. The Morgan fingerprint density at radius 1 is 1.00 bits per heavy atom. The number of rotatable bonds is 9. The second-order valence-electron chi connectivity index (χ2n) is 6.41. The first-order valence-corrected chi connectivity index (χ1v) is 10.6. The van der Waals surface area contributed by atoms with Gasteiger partial charge in [-0.05, 0) is 41.8 Å². The van der Waals surface area contributed by atoms with Gasteiger partial charge in [-0.25, -0.2) is 4.39 Å². The lowest BCUT2D eigenvalue weighted by Gasteiger charge is -2.23. The molecule has 0 atom stereocenters. The molecule has 2 aromatic carbocycles. The molecule has 7 heteroatoms. The zero-order valence-electron chi connectivity index (χ0n) is 15.5. The summed E-state index contributed by atoms with van der Waals surface area (Å²) in [7, 11) is -3.58. The van der Waals surface area contributed by atoms with Crippen LogP contribution in [0.5, 0.6) is 5.75 Å². The van der Waals surface area contributed by atoms with Crippen LogP contribution in [-0.4, -0.2) is 25.5 Å². The van der Waals surface area contributed by atoms with Crippen molar-refractivity contribution in [1.29, 1.82) is 0 Å². The second-order valence-corrected chi connectivity index (χ2v) is 7.99. The molecular formula is C20H24FNO4S. The molecule has 0 heterocycles. The quantitative estimate of drug-likeness (QED) is 0.607. The molecule has 0 aliphatic heterocycles. The third kappa shape index (κ3) is 7.38. The number of nitrogens with zero attached hydrogens (tertiary/aromatic N) is 1. The van der Waals surface area contributed by atoms with Gasteiger partial charge in [0.1, 0.15) is 11.6 Å². The lowest BCUT2D eigenvalue weighted by molar-refractivity contribution is -0.132. The molecule has 1 amide bonds. The van der Waals surface area contributed by atoms with Gasteiger partial charge in [0.2, 0.25) is 5.91 Å². The Bertz CT molecular complexity index is 849. The summed E-state index contributed by atoms with van der Waals surface area (Å²) in [5.41, 5.74) is 1.70. The fourth-order valence-electron chi connectivity index (χ4n) is 2.57.